The van der Waals surface area contributed by atoms with Crippen LogP contribution in [0.15, 0.2) is 36.5 Å². The Hall–Kier alpha value is -2.31. The minimum absolute atomic E-state index is 0.113. The molecule has 0 atom stereocenters. The summed E-state index contributed by atoms with van der Waals surface area (Å²) in [7, 11) is 0. The second kappa shape index (κ2) is 7.11. The summed E-state index contributed by atoms with van der Waals surface area (Å²) < 4.78 is 5.29. The minimum Gasteiger partial charge on any atom is -0.482 e. The third-order valence-electron chi connectivity index (χ3n) is 2.55. The van der Waals surface area contributed by atoms with Crippen LogP contribution in [0.3, 0.4) is 0 Å². The summed E-state index contributed by atoms with van der Waals surface area (Å²) in [5.74, 6) is -0.693. The monoisotopic (exact) mass is 339 g/mol. The van der Waals surface area contributed by atoms with Gasteiger partial charge in [0.2, 0.25) is 0 Å². The highest BCUT2D eigenvalue weighted by molar-refractivity contribution is 6.35. The molecule has 2 aromatic rings. The predicted molar refractivity (Wildman–Crippen MR) is 83.3 cm³/mol. The number of ether oxygens (including phenoxy) is 1. The van der Waals surface area contributed by atoms with Gasteiger partial charge in [0, 0.05) is 5.02 Å². The van der Waals surface area contributed by atoms with Crippen molar-refractivity contribution in [3.63, 3.8) is 0 Å². The molecule has 1 aromatic heterocycles. The average Bonchev–Trinajstić information content (AvgIpc) is 2.47. The fourth-order valence-corrected chi connectivity index (χ4v) is 2.01. The Labute approximate surface area is 136 Å². The number of nitrogens with one attached hydrogen (secondary N) is 1. The first-order chi connectivity index (χ1) is 10.5. The van der Waals surface area contributed by atoms with Gasteiger partial charge < -0.3 is 15.8 Å². The van der Waals surface area contributed by atoms with E-state index >= 15 is 0 Å². The first-order valence-electron chi connectivity index (χ1n) is 6.09. The van der Waals surface area contributed by atoms with Crippen LogP contribution < -0.4 is 15.8 Å². The molecule has 0 fully saturated rings. The van der Waals surface area contributed by atoms with E-state index in [1.165, 1.54) is 24.4 Å². The maximum Gasteiger partial charge on any atom is 0.267 e. The third kappa shape index (κ3) is 4.34. The van der Waals surface area contributed by atoms with E-state index < -0.39 is 11.8 Å². The molecule has 2 rings (SSSR count). The van der Waals surface area contributed by atoms with Gasteiger partial charge in [0.15, 0.2) is 6.61 Å². The van der Waals surface area contributed by atoms with Crippen molar-refractivity contribution in [2.24, 2.45) is 5.73 Å². The van der Waals surface area contributed by atoms with E-state index in [-0.39, 0.29) is 12.3 Å². The number of carbonyl (C=O) groups is 2. The average molecular weight is 340 g/mol. The lowest BCUT2D eigenvalue weighted by atomic mass is 10.3. The Bertz CT molecular complexity index is 705. The van der Waals surface area contributed by atoms with Crippen molar-refractivity contribution in [1.82, 2.24) is 4.98 Å². The van der Waals surface area contributed by atoms with Crippen molar-refractivity contribution in [2.45, 2.75) is 0 Å². The molecule has 0 radical (unpaired) electrons. The predicted octanol–water partition coefficient (Wildman–Crippen LogP) is 2.50. The number of hydrogen-bond donors (Lipinski definition) is 2. The molecule has 114 valence electrons. The number of benzene rings is 1. The zero-order valence-corrected chi connectivity index (χ0v) is 12.7. The molecular weight excluding hydrogens is 329 g/mol. The molecule has 0 aliphatic rings. The van der Waals surface area contributed by atoms with E-state index in [2.05, 4.69) is 10.3 Å². The maximum absolute atomic E-state index is 11.8. The molecule has 0 spiro atoms. The number of pyridine rings is 1. The Morgan fingerprint density at radius 3 is 2.59 bits per heavy atom. The highest BCUT2D eigenvalue weighted by atomic mass is 35.5. The van der Waals surface area contributed by atoms with Gasteiger partial charge in [0.1, 0.15) is 11.4 Å². The van der Waals surface area contributed by atoms with Crippen molar-refractivity contribution < 1.29 is 14.3 Å². The molecule has 0 aliphatic heterocycles. The number of halogens is 2. The number of amides is 2. The number of nitrogens with two attached hydrogens (primary N) is 1. The number of primary amides is 1. The highest BCUT2D eigenvalue weighted by Gasteiger charge is 2.08. The lowest BCUT2D eigenvalue weighted by Crippen LogP contribution is -2.20. The molecule has 0 aliphatic carbocycles. The normalized spacial score (nSPS) is 10.1. The molecule has 1 aromatic carbocycles. The lowest BCUT2D eigenvalue weighted by Gasteiger charge is -2.09. The largest absolute Gasteiger partial charge is 0.482 e. The molecule has 0 bridgehead atoms. The standard InChI is InChI=1S/C14H11Cl2N3O3/c15-8-1-4-12(10(16)5-8)22-7-13(20)19-9-2-3-11(14(17)21)18-6-9/h1-6H,7H2,(H2,17,21)(H,19,20). The van der Waals surface area contributed by atoms with Crippen molar-refractivity contribution in [2.75, 3.05) is 11.9 Å². The number of aromatic nitrogens is 1. The molecule has 3 N–H and O–H groups in total. The highest BCUT2D eigenvalue weighted by Crippen LogP contribution is 2.27. The summed E-state index contributed by atoms with van der Waals surface area (Å²) in [5, 5.41) is 3.35. The van der Waals surface area contributed by atoms with Crippen LogP contribution in [0, 0.1) is 0 Å². The number of carbonyl (C=O) groups excluding carboxylic acids is 2. The second-order valence-electron chi connectivity index (χ2n) is 4.21. The molecule has 0 unspecified atom stereocenters. The zero-order valence-electron chi connectivity index (χ0n) is 11.2. The fraction of sp³-hybridized carbons (Fsp3) is 0.0714. The van der Waals surface area contributed by atoms with Crippen molar-refractivity contribution >= 4 is 40.7 Å². The Morgan fingerprint density at radius 2 is 2.00 bits per heavy atom. The SMILES string of the molecule is NC(=O)c1ccc(NC(=O)COc2ccc(Cl)cc2Cl)cn1. The first-order valence-corrected chi connectivity index (χ1v) is 6.85. The van der Waals surface area contributed by atoms with E-state index in [1.54, 1.807) is 12.1 Å². The zero-order chi connectivity index (χ0) is 16.1. The van der Waals surface area contributed by atoms with Crippen LogP contribution in [-0.2, 0) is 4.79 Å². The molecule has 2 amide bonds. The van der Waals surface area contributed by atoms with Crippen LogP contribution in [0.2, 0.25) is 10.0 Å². The van der Waals surface area contributed by atoms with Crippen LogP contribution in [0.4, 0.5) is 5.69 Å². The smallest absolute Gasteiger partial charge is 0.267 e. The number of hydrogen-bond acceptors (Lipinski definition) is 4. The number of rotatable bonds is 5. The van der Waals surface area contributed by atoms with E-state index in [1.807, 2.05) is 0 Å². The van der Waals surface area contributed by atoms with Crippen molar-refractivity contribution in [3.05, 3.63) is 52.3 Å². The van der Waals surface area contributed by atoms with Gasteiger partial charge in [-0.15, -0.1) is 0 Å². The van der Waals surface area contributed by atoms with Gasteiger partial charge in [-0.3, -0.25) is 9.59 Å². The Kier molecular flexibility index (Phi) is 5.19. The fourth-order valence-electron chi connectivity index (χ4n) is 1.55. The van der Waals surface area contributed by atoms with Crippen molar-refractivity contribution in [1.29, 1.82) is 0 Å². The summed E-state index contributed by atoms with van der Waals surface area (Å²) in [6, 6.07) is 7.62. The topological polar surface area (TPSA) is 94.3 Å². The van der Waals surface area contributed by atoms with Gasteiger partial charge in [-0.25, -0.2) is 4.98 Å². The first kappa shape index (κ1) is 16.1. The molecule has 0 saturated carbocycles. The molecule has 6 nitrogen and oxygen atoms in total. The lowest BCUT2D eigenvalue weighted by molar-refractivity contribution is -0.118. The minimum atomic E-state index is -0.640. The Morgan fingerprint density at radius 1 is 1.23 bits per heavy atom. The van der Waals surface area contributed by atoms with Crippen LogP contribution >= 0.6 is 23.2 Å². The van der Waals surface area contributed by atoms with E-state index in [0.29, 0.717) is 21.5 Å². The quantitative estimate of drug-likeness (QED) is 0.874. The van der Waals surface area contributed by atoms with E-state index in [0.717, 1.165) is 0 Å². The second-order valence-corrected chi connectivity index (χ2v) is 5.05. The number of nitrogens with zero attached hydrogens (tertiary/aromatic N) is 1. The van der Waals surface area contributed by atoms with Gasteiger partial charge >= 0.3 is 0 Å². The molecule has 22 heavy (non-hydrogen) atoms. The Balaban J connectivity index is 1.91. The summed E-state index contributed by atoms with van der Waals surface area (Å²) in [5.41, 5.74) is 5.60. The van der Waals surface area contributed by atoms with Crippen molar-refractivity contribution in [3.8, 4) is 5.75 Å². The van der Waals surface area contributed by atoms with Crippen LogP contribution in [0.5, 0.6) is 5.75 Å². The van der Waals surface area contributed by atoms with E-state index in [4.69, 9.17) is 33.7 Å². The number of anilines is 1. The van der Waals surface area contributed by atoms with Gasteiger partial charge in [-0.05, 0) is 30.3 Å². The van der Waals surface area contributed by atoms with Gasteiger partial charge in [-0.2, -0.15) is 0 Å². The van der Waals surface area contributed by atoms with E-state index in [9.17, 15) is 9.59 Å². The molecule has 0 saturated heterocycles. The summed E-state index contributed by atoms with van der Waals surface area (Å²) >= 11 is 11.7. The van der Waals surface area contributed by atoms with Crippen LogP contribution in [-0.4, -0.2) is 23.4 Å². The van der Waals surface area contributed by atoms with Crippen LogP contribution in [0.1, 0.15) is 10.5 Å². The summed E-state index contributed by atoms with van der Waals surface area (Å²) in [6.07, 6.45) is 1.33. The summed E-state index contributed by atoms with van der Waals surface area (Å²) in [4.78, 5) is 26.4. The molecule has 8 heteroatoms. The molecular formula is C14H11Cl2N3O3. The third-order valence-corrected chi connectivity index (χ3v) is 3.08. The molecule has 1 heterocycles. The van der Waals surface area contributed by atoms with Gasteiger partial charge in [-0.1, -0.05) is 23.2 Å². The van der Waals surface area contributed by atoms with Gasteiger partial charge in [0.05, 0.1) is 16.9 Å². The maximum atomic E-state index is 11.8. The van der Waals surface area contributed by atoms with Crippen LogP contribution in [0.25, 0.3) is 0 Å². The van der Waals surface area contributed by atoms with Gasteiger partial charge in [0.25, 0.3) is 11.8 Å². The summed E-state index contributed by atoms with van der Waals surface area (Å²) in [6.45, 7) is -0.237.